The van der Waals surface area contributed by atoms with Crippen LogP contribution in [0.15, 0.2) is 0 Å². The second-order valence-electron chi connectivity index (χ2n) is 6.48. The summed E-state index contributed by atoms with van der Waals surface area (Å²) >= 11 is 0. The predicted octanol–water partition coefficient (Wildman–Crippen LogP) is 3.95. The Morgan fingerprint density at radius 2 is 1.48 bits per heavy atom. The average molecular weight is 300 g/mol. The van der Waals surface area contributed by atoms with Crippen molar-refractivity contribution < 1.29 is 0 Å². The smallest absolute Gasteiger partial charge is 0.00669 e. The van der Waals surface area contributed by atoms with E-state index >= 15 is 0 Å². The van der Waals surface area contributed by atoms with Gasteiger partial charge in [-0.1, -0.05) is 58.8 Å². The van der Waals surface area contributed by atoms with E-state index in [4.69, 9.17) is 11.5 Å². The second-order valence-corrected chi connectivity index (χ2v) is 6.48. The molecular weight excluding hydrogens is 258 g/mol. The number of unbranched alkanes of at least 4 members (excludes halogenated alkanes) is 5. The van der Waals surface area contributed by atoms with Gasteiger partial charge in [0.1, 0.15) is 0 Å². The van der Waals surface area contributed by atoms with E-state index < -0.39 is 0 Å². The molecule has 5 N–H and O–H groups in total. The Hall–Kier alpha value is -0.120. The molecule has 0 aromatic carbocycles. The lowest BCUT2D eigenvalue weighted by Gasteiger charge is -2.19. The second kappa shape index (κ2) is 16.3. The van der Waals surface area contributed by atoms with E-state index in [-0.39, 0.29) is 0 Å². The van der Waals surface area contributed by atoms with Crippen LogP contribution in [-0.4, -0.2) is 25.2 Å². The van der Waals surface area contributed by atoms with Gasteiger partial charge in [-0.2, -0.15) is 0 Å². The zero-order valence-electron chi connectivity index (χ0n) is 14.7. The van der Waals surface area contributed by atoms with Crippen molar-refractivity contribution in [1.82, 2.24) is 5.32 Å². The molecule has 0 radical (unpaired) electrons. The third-order valence-electron chi connectivity index (χ3n) is 4.27. The minimum atomic E-state index is 0.292. The van der Waals surface area contributed by atoms with Crippen LogP contribution in [0.1, 0.15) is 90.9 Å². The largest absolute Gasteiger partial charge is 0.330 e. The molecule has 0 amide bonds. The molecule has 2 atom stereocenters. The van der Waals surface area contributed by atoms with Crippen molar-refractivity contribution in [2.24, 2.45) is 11.5 Å². The van der Waals surface area contributed by atoms with Crippen molar-refractivity contribution in [3.05, 3.63) is 0 Å². The van der Waals surface area contributed by atoms with Gasteiger partial charge in [0.15, 0.2) is 0 Å². The number of rotatable bonds is 16. The van der Waals surface area contributed by atoms with Crippen LogP contribution in [0.2, 0.25) is 0 Å². The lowest BCUT2D eigenvalue weighted by molar-refractivity contribution is 0.414. The molecular formula is C18H41N3. The van der Waals surface area contributed by atoms with E-state index in [1.165, 1.54) is 64.2 Å². The van der Waals surface area contributed by atoms with Gasteiger partial charge in [-0.25, -0.2) is 0 Å². The van der Waals surface area contributed by atoms with Crippen molar-refractivity contribution in [2.75, 3.05) is 13.1 Å². The maximum Gasteiger partial charge on any atom is 0.00669 e. The van der Waals surface area contributed by atoms with Crippen molar-refractivity contribution in [1.29, 1.82) is 0 Å². The van der Waals surface area contributed by atoms with Crippen molar-refractivity contribution >= 4 is 0 Å². The maximum absolute atomic E-state index is 5.99. The third-order valence-corrected chi connectivity index (χ3v) is 4.27. The number of hydrogen-bond donors (Lipinski definition) is 3. The van der Waals surface area contributed by atoms with E-state index in [2.05, 4.69) is 19.2 Å². The molecule has 2 unspecified atom stereocenters. The predicted molar refractivity (Wildman–Crippen MR) is 95.6 cm³/mol. The molecule has 0 aromatic heterocycles. The van der Waals surface area contributed by atoms with Gasteiger partial charge in [0.05, 0.1) is 0 Å². The van der Waals surface area contributed by atoms with Gasteiger partial charge in [0.25, 0.3) is 0 Å². The van der Waals surface area contributed by atoms with Gasteiger partial charge < -0.3 is 16.8 Å². The summed E-state index contributed by atoms with van der Waals surface area (Å²) in [7, 11) is 0. The summed E-state index contributed by atoms with van der Waals surface area (Å²) in [5.41, 5.74) is 11.5. The van der Waals surface area contributed by atoms with Gasteiger partial charge >= 0.3 is 0 Å². The summed E-state index contributed by atoms with van der Waals surface area (Å²) in [5, 5.41) is 3.73. The average Bonchev–Trinajstić information content (AvgIpc) is 2.47. The Balaban J connectivity index is 3.57. The lowest BCUT2D eigenvalue weighted by Crippen LogP contribution is -2.31. The SMILES string of the molecule is CCCCCCCCC(CCC)NCCCC(N)CCN. The van der Waals surface area contributed by atoms with Crippen LogP contribution in [-0.2, 0) is 0 Å². The minimum Gasteiger partial charge on any atom is -0.330 e. The molecule has 3 nitrogen and oxygen atoms in total. The Bertz CT molecular complexity index is 197. The first kappa shape index (κ1) is 20.9. The lowest BCUT2D eigenvalue weighted by atomic mass is 10.0. The zero-order chi connectivity index (χ0) is 15.8. The van der Waals surface area contributed by atoms with Crippen LogP contribution >= 0.6 is 0 Å². The fourth-order valence-electron chi connectivity index (χ4n) is 2.90. The molecule has 0 spiro atoms. The molecule has 0 saturated carbocycles. The van der Waals surface area contributed by atoms with Crippen LogP contribution in [0.25, 0.3) is 0 Å². The van der Waals surface area contributed by atoms with E-state index in [9.17, 15) is 0 Å². The first-order valence-electron chi connectivity index (χ1n) is 9.43. The molecule has 0 fully saturated rings. The highest BCUT2D eigenvalue weighted by atomic mass is 14.9. The van der Waals surface area contributed by atoms with Crippen LogP contribution in [0.4, 0.5) is 0 Å². The number of nitrogens with two attached hydrogens (primary N) is 2. The highest BCUT2D eigenvalue weighted by Gasteiger charge is 2.07. The highest BCUT2D eigenvalue weighted by Crippen LogP contribution is 2.11. The van der Waals surface area contributed by atoms with Crippen LogP contribution in [0.3, 0.4) is 0 Å². The summed E-state index contributed by atoms with van der Waals surface area (Å²) in [5.74, 6) is 0. The molecule has 21 heavy (non-hydrogen) atoms. The molecule has 128 valence electrons. The van der Waals surface area contributed by atoms with Crippen LogP contribution in [0.5, 0.6) is 0 Å². The Labute approximate surface area is 133 Å². The number of nitrogens with one attached hydrogen (secondary N) is 1. The fourth-order valence-corrected chi connectivity index (χ4v) is 2.90. The summed E-state index contributed by atoms with van der Waals surface area (Å²) in [6, 6.07) is 1.01. The van der Waals surface area contributed by atoms with E-state index in [1.54, 1.807) is 0 Å². The van der Waals surface area contributed by atoms with E-state index in [0.717, 1.165) is 19.4 Å². The van der Waals surface area contributed by atoms with E-state index in [1.807, 2.05) is 0 Å². The van der Waals surface area contributed by atoms with Gasteiger partial charge in [-0.15, -0.1) is 0 Å². The normalized spacial score (nSPS) is 14.3. The summed E-state index contributed by atoms with van der Waals surface area (Å²) in [6.45, 7) is 6.39. The standard InChI is InChI=1S/C18H41N3/c1-3-5-6-7-8-9-13-18(11-4-2)21-16-10-12-17(20)14-15-19/h17-18,21H,3-16,19-20H2,1-2H3. The number of hydrogen-bond acceptors (Lipinski definition) is 3. The van der Waals surface area contributed by atoms with Gasteiger partial charge in [-0.05, 0) is 45.2 Å². The molecule has 0 aliphatic carbocycles. The van der Waals surface area contributed by atoms with Crippen molar-refractivity contribution in [2.45, 2.75) is 103 Å². The zero-order valence-corrected chi connectivity index (χ0v) is 14.7. The van der Waals surface area contributed by atoms with E-state index in [0.29, 0.717) is 18.6 Å². The summed E-state index contributed by atoms with van der Waals surface area (Å²) < 4.78 is 0. The van der Waals surface area contributed by atoms with Gasteiger partial charge in [0, 0.05) is 12.1 Å². The fraction of sp³-hybridized carbons (Fsp3) is 1.00. The third kappa shape index (κ3) is 14.6. The molecule has 3 heteroatoms. The molecule has 0 rings (SSSR count). The molecule has 0 aromatic rings. The topological polar surface area (TPSA) is 64.1 Å². The quantitative estimate of drug-likeness (QED) is 0.378. The monoisotopic (exact) mass is 299 g/mol. The highest BCUT2D eigenvalue weighted by molar-refractivity contribution is 4.68. The summed E-state index contributed by atoms with van der Waals surface area (Å²) in [4.78, 5) is 0. The Kier molecular flexibility index (Phi) is 16.2. The molecule has 0 saturated heterocycles. The van der Waals surface area contributed by atoms with Gasteiger partial charge in [0.2, 0.25) is 0 Å². The Morgan fingerprint density at radius 1 is 0.762 bits per heavy atom. The first-order valence-corrected chi connectivity index (χ1v) is 9.43. The van der Waals surface area contributed by atoms with Crippen LogP contribution < -0.4 is 16.8 Å². The maximum atomic E-state index is 5.99. The molecule has 0 bridgehead atoms. The van der Waals surface area contributed by atoms with Crippen molar-refractivity contribution in [3.63, 3.8) is 0 Å². The van der Waals surface area contributed by atoms with Crippen molar-refractivity contribution in [3.8, 4) is 0 Å². The summed E-state index contributed by atoms with van der Waals surface area (Å²) in [6.07, 6.45) is 15.5. The Morgan fingerprint density at radius 3 is 2.14 bits per heavy atom. The van der Waals surface area contributed by atoms with Crippen LogP contribution in [0, 0.1) is 0 Å². The first-order chi connectivity index (χ1) is 10.2. The van der Waals surface area contributed by atoms with Gasteiger partial charge in [-0.3, -0.25) is 0 Å². The molecule has 0 heterocycles. The molecule has 0 aliphatic rings. The molecule has 0 aliphatic heterocycles. The minimum absolute atomic E-state index is 0.292.